The molecule has 0 radical (unpaired) electrons. The van der Waals surface area contributed by atoms with E-state index in [2.05, 4.69) is 0 Å². The Hall–Kier alpha value is -0.610. The Morgan fingerprint density at radius 2 is 2.29 bits per heavy atom. The zero-order valence-electron chi connectivity index (χ0n) is 8.37. The predicted octanol–water partition coefficient (Wildman–Crippen LogP) is 0.716. The lowest BCUT2D eigenvalue weighted by molar-refractivity contribution is -0.138. The Labute approximate surface area is 83.8 Å². The number of nitrogens with zero attached hydrogens (tertiary/aromatic N) is 1. The van der Waals surface area contributed by atoms with Crippen molar-refractivity contribution < 1.29 is 14.6 Å². The molecule has 2 fully saturated rings. The summed E-state index contributed by atoms with van der Waals surface area (Å²) in [7, 11) is 0. The van der Waals surface area contributed by atoms with Crippen molar-refractivity contribution in [2.75, 3.05) is 26.2 Å². The average molecular weight is 199 g/mol. The molecule has 0 aromatic carbocycles. The molecule has 2 rings (SSSR count). The van der Waals surface area contributed by atoms with Crippen LogP contribution in [-0.2, 0) is 9.53 Å². The number of carbonyl (C=O) groups is 1. The number of aliphatic carboxylic acids is 1. The van der Waals surface area contributed by atoms with Crippen molar-refractivity contribution in [3.05, 3.63) is 0 Å². The van der Waals surface area contributed by atoms with Gasteiger partial charge in [0.2, 0.25) is 0 Å². The first-order chi connectivity index (χ1) is 6.70. The van der Waals surface area contributed by atoms with E-state index >= 15 is 0 Å². The molecule has 0 aliphatic carbocycles. The minimum Gasteiger partial charge on any atom is -0.480 e. The van der Waals surface area contributed by atoms with E-state index in [9.17, 15) is 4.79 Å². The van der Waals surface area contributed by atoms with Crippen LogP contribution in [0.4, 0.5) is 0 Å². The van der Waals surface area contributed by atoms with Gasteiger partial charge in [-0.25, -0.2) is 0 Å². The molecule has 4 heteroatoms. The molecule has 2 aliphatic rings. The summed E-state index contributed by atoms with van der Waals surface area (Å²) in [6.07, 6.45) is 4.48. The van der Waals surface area contributed by atoms with Crippen molar-refractivity contribution in [3.63, 3.8) is 0 Å². The average Bonchev–Trinajstić information content (AvgIpc) is 2.49. The van der Waals surface area contributed by atoms with Crippen molar-refractivity contribution in [1.29, 1.82) is 0 Å². The fraction of sp³-hybridized carbons (Fsp3) is 0.900. The molecule has 0 aromatic rings. The zero-order valence-corrected chi connectivity index (χ0v) is 8.37. The van der Waals surface area contributed by atoms with E-state index in [1.165, 1.54) is 6.42 Å². The molecule has 2 aliphatic heterocycles. The van der Waals surface area contributed by atoms with Crippen LogP contribution in [0.2, 0.25) is 0 Å². The van der Waals surface area contributed by atoms with Crippen LogP contribution in [0.1, 0.15) is 25.7 Å². The Bertz CT molecular complexity index is 223. The molecule has 0 saturated carbocycles. The summed E-state index contributed by atoms with van der Waals surface area (Å²) in [6, 6.07) is 0. The van der Waals surface area contributed by atoms with Gasteiger partial charge in [0, 0.05) is 19.7 Å². The fourth-order valence-electron chi connectivity index (χ4n) is 2.49. The standard InChI is InChI=1S/C10H17NO3/c12-9(13)7-11-5-4-10(8-11)3-1-2-6-14-10/h1-8H2,(H,12,13)/t10-/m0/s1. The van der Waals surface area contributed by atoms with Gasteiger partial charge in [-0.3, -0.25) is 9.69 Å². The number of hydrogen-bond donors (Lipinski definition) is 1. The van der Waals surface area contributed by atoms with E-state index in [4.69, 9.17) is 9.84 Å². The number of ether oxygens (including phenoxy) is 1. The molecule has 0 amide bonds. The molecule has 4 nitrogen and oxygen atoms in total. The van der Waals surface area contributed by atoms with E-state index in [0.29, 0.717) is 0 Å². The van der Waals surface area contributed by atoms with Crippen LogP contribution in [-0.4, -0.2) is 47.8 Å². The SMILES string of the molecule is O=C(O)CN1CC[C@@]2(CCCCO2)C1. The molecule has 2 heterocycles. The van der Waals surface area contributed by atoms with Gasteiger partial charge in [0.1, 0.15) is 0 Å². The van der Waals surface area contributed by atoms with Crippen LogP contribution >= 0.6 is 0 Å². The van der Waals surface area contributed by atoms with E-state index in [1.807, 2.05) is 4.90 Å². The Morgan fingerprint density at radius 1 is 1.43 bits per heavy atom. The third kappa shape index (κ3) is 2.07. The molecule has 0 aromatic heterocycles. The van der Waals surface area contributed by atoms with Gasteiger partial charge in [0.15, 0.2) is 0 Å². The summed E-state index contributed by atoms with van der Waals surface area (Å²) in [6.45, 7) is 2.68. The third-order valence-electron chi connectivity index (χ3n) is 3.19. The molecular weight excluding hydrogens is 182 g/mol. The summed E-state index contributed by atoms with van der Waals surface area (Å²) in [5.74, 6) is -0.738. The van der Waals surface area contributed by atoms with E-state index in [1.54, 1.807) is 0 Å². The summed E-state index contributed by atoms with van der Waals surface area (Å²) in [5, 5.41) is 8.68. The highest BCUT2D eigenvalue weighted by Gasteiger charge is 2.40. The predicted molar refractivity (Wildman–Crippen MR) is 51.2 cm³/mol. The van der Waals surface area contributed by atoms with Crippen molar-refractivity contribution in [1.82, 2.24) is 4.90 Å². The number of rotatable bonds is 2. The van der Waals surface area contributed by atoms with Crippen molar-refractivity contribution in [2.45, 2.75) is 31.3 Å². The number of likely N-dealkylation sites (tertiary alicyclic amines) is 1. The first-order valence-corrected chi connectivity index (χ1v) is 5.28. The zero-order chi connectivity index (χ0) is 10.0. The molecule has 0 unspecified atom stereocenters. The quantitative estimate of drug-likeness (QED) is 0.711. The second-order valence-corrected chi connectivity index (χ2v) is 4.34. The van der Waals surface area contributed by atoms with Crippen molar-refractivity contribution >= 4 is 5.97 Å². The van der Waals surface area contributed by atoms with Gasteiger partial charge in [-0.2, -0.15) is 0 Å². The van der Waals surface area contributed by atoms with Crippen LogP contribution in [0.15, 0.2) is 0 Å². The Morgan fingerprint density at radius 3 is 2.93 bits per heavy atom. The van der Waals surface area contributed by atoms with Crippen LogP contribution in [0.25, 0.3) is 0 Å². The summed E-state index contributed by atoms with van der Waals surface area (Å²) < 4.78 is 5.80. The molecule has 80 valence electrons. The minimum absolute atomic E-state index is 0.00625. The number of carboxylic acids is 1. The third-order valence-corrected chi connectivity index (χ3v) is 3.19. The molecule has 14 heavy (non-hydrogen) atoms. The van der Waals surface area contributed by atoms with Crippen molar-refractivity contribution in [3.8, 4) is 0 Å². The molecule has 1 spiro atoms. The molecular formula is C10H17NO3. The lowest BCUT2D eigenvalue weighted by atomic mass is 9.93. The maximum Gasteiger partial charge on any atom is 0.317 e. The van der Waals surface area contributed by atoms with E-state index in [-0.39, 0.29) is 12.1 Å². The minimum atomic E-state index is -0.738. The molecule has 1 N–H and O–H groups in total. The Balaban J connectivity index is 1.89. The highest BCUT2D eigenvalue weighted by molar-refractivity contribution is 5.69. The van der Waals surface area contributed by atoms with Crippen LogP contribution in [0.3, 0.4) is 0 Å². The number of carboxylic acid groups (broad SMARTS) is 1. The van der Waals surface area contributed by atoms with Gasteiger partial charge in [0.25, 0.3) is 0 Å². The molecule has 2 saturated heterocycles. The molecule has 0 bridgehead atoms. The van der Waals surface area contributed by atoms with Gasteiger partial charge in [-0.05, 0) is 25.7 Å². The van der Waals surface area contributed by atoms with E-state index in [0.717, 1.165) is 39.0 Å². The molecule has 1 atom stereocenters. The maximum atomic E-state index is 10.5. The normalized spacial score (nSPS) is 33.7. The maximum absolute atomic E-state index is 10.5. The van der Waals surface area contributed by atoms with Crippen LogP contribution in [0.5, 0.6) is 0 Å². The van der Waals surface area contributed by atoms with E-state index < -0.39 is 5.97 Å². The van der Waals surface area contributed by atoms with Crippen LogP contribution in [0, 0.1) is 0 Å². The van der Waals surface area contributed by atoms with Gasteiger partial charge in [-0.1, -0.05) is 0 Å². The fourth-order valence-corrected chi connectivity index (χ4v) is 2.49. The highest BCUT2D eigenvalue weighted by atomic mass is 16.5. The monoisotopic (exact) mass is 199 g/mol. The van der Waals surface area contributed by atoms with Crippen LogP contribution < -0.4 is 0 Å². The first-order valence-electron chi connectivity index (χ1n) is 5.28. The van der Waals surface area contributed by atoms with Crippen molar-refractivity contribution in [2.24, 2.45) is 0 Å². The van der Waals surface area contributed by atoms with Gasteiger partial charge in [0.05, 0.1) is 12.1 Å². The number of hydrogen-bond acceptors (Lipinski definition) is 3. The Kier molecular flexibility index (Phi) is 2.74. The highest BCUT2D eigenvalue weighted by Crippen LogP contribution is 2.33. The van der Waals surface area contributed by atoms with Gasteiger partial charge >= 0.3 is 5.97 Å². The largest absolute Gasteiger partial charge is 0.480 e. The summed E-state index contributed by atoms with van der Waals surface area (Å²) in [4.78, 5) is 12.5. The lowest BCUT2D eigenvalue weighted by Gasteiger charge is -2.33. The lowest BCUT2D eigenvalue weighted by Crippen LogP contribution is -2.40. The summed E-state index contributed by atoms with van der Waals surface area (Å²) in [5.41, 5.74) is -0.00625. The topological polar surface area (TPSA) is 49.8 Å². The smallest absolute Gasteiger partial charge is 0.317 e. The first kappa shape index (κ1) is 9.93. The summed E-state index contributed by atoms with van der Waals surface area (Å²) >= 11 is 0. The van der Waals surface area contributed by atoms with Gasteiger partial charge < -0.3 is 9.84 Å². The second kappa shape index (κ2) is 3.87. The second-order valence-electron chi connectivity index (χ2n) is 4.34. The van der Waals surface area contributed by atoms with Gasteiger partial charge in [-0.15, -0.1) is 0 Å².